The molecule has 0 aliphatic carbocycles. The lowest BCUT2D eigenvalue weighted by molar-refractivity contribution is 0.0944. The van der Waals surface area contributed by atoms with E-state index in [0.29, 0.717) is 24.7 Å². The number of H-pyrrole nitrogens is 1. The molecule has 1 aliphatic rings. The minimum absolute atomic E-state index is 0. The van der Waals surface area contributed by atoms with Crippen LogP contribution in [0.3, 0.4) is 0 Å². The molecular weight excluding hydrogens is 338 g/mol. The van der Waals surface area contributed by atoms with Crippen LogP contribution in [-0.2, 0) is 13.0 Å². The van der Waals surface area contributed by atoms with Crippen molar-refractivity contribution in [1.29, 1.82) is 0 Å². The summed E-state index contributed by atoms with van der Waals surface area (Å²) in [5.41, 5.74) is 3.64. The monoisotopic (exact) mass is 363 g/mol. The highest BCUT2D eigenvalue weighted by Gasteiger charge is 2.22. The van der Waals surface area contributed by atoms with E-state index >= 15 is 0 Å². The lowest BCUT2D eigenvalue weighted by Crippen LogP contribution is -2.40. The summed E-state index contributed by atoms with van der Waals surface area (Å²) in [5, 5.41) is 17.0. The molecule has 1 unspecified atom stereocenters. The Kier molecular flexibility index (Phi) is 6.84. The molecular formula is C18H26ClN5O. The quantitative estimate of drug-likeness (QED) is 0.635. The first kappa shape index (κ1) is 19.3. The number of nitrogens with one attached hydrogen (secondary N) is 4. The number of para-hydroxylation sites is 1. The Bertz CT molecular complexity index is 686. The summed E-state index contributed by atoms with van der Waals surface area (Å²) < 4.78 is 0. The fraction of sp³-hybridized carbons (Fsp3) is 0.444. The average Bonchev–Trinajstić information content (AvgIpc) is 3.03. The van der Waals surface area contributed by atoms with Crippen molar-refractivity contribution < 1.29 is 4.79 Å². The van der Waals surface area contributed by atoms with Gasteiger partial charge in [0.25, 0.3) is 5.91 Å². The largest absolute Gasteiger partial charge is 0.380 e. The minimum atomic E-state index is -0.114. The Morgan fingerprint density at radius 1 is 1.28 bits per heavy atom. The topological polar surface area (TPSA) is 81.8 Å². The second-order valence-electron chi connectivity index (χ2n) is 6.53. The zero-order valence-electron chi connectivity index (χ0n) is 14.6. The number of benzene rings is 1. The molecule has 25 heavy (non-hydrogen) atoms. The molecule has 1 aliphatic heterocycles. The SMILES string of the molecule is CC(C)C(CNC(=O)c1n[nH]c2c1CNCC2)Nc1ccccc1.Cl. The first-order valence-electron chi connectivity index (χ1n) is 8.51. The van der Waals surface area contributed by atoms with Crippen LogP contribution in [0.15, 0.2) is 30.3 Å². The molecule has 2 aromatic rings. The zero-order chi connectivity index (χ0) is 16.9. The van der Waals surface area contributed by atoms with Crippen molar-refractivity contribution in [3.8, 4) is 0 Å². The molecule has 2 heterocycles. The Labute approximate surface area is 154 Å². The van der Waals surface area contributed by atoms with Crippen LogP contribution in [-0.4, -0.2) is 35.2 Å². The average molecular weight is 364 g/mol. The number of aromatic amines is 1. The summed E-state index contributed by atoms with van der Waals surface area (Å²) in [6.07, 6.45) is 0.889. The number of carbonyl (C=O) groups is 1. The summed E-state index contributed by atoms with van der Waals surface area (Å²) >= 11 is 0. The number of aromatic nitrogens is 2. The Balaban J connectivity index is 0.00000225. The maximum absolute atomic E-state index is 12.5. The van der Waals surface area contributed by atoms with Gasteiger partial charge in [-0.3, -0.25) is 9.89 Å². The van der Waals surface area contributed by atoms with Gasteiger partial charge in [0, 0.05) is 49.0 Å². The molecule has 4 N–H and O–H groups in total. The maximum Gasteiger partial charge on any atom is 0.272 e. The Morgan fingerprint density at radius 3 is 2.76 bits per heavy atom. The van der Waals surface area contributed by atoms with Gasteiger partial charge in [-0.2, -0.15) is 5.10 Å². The number of hydrogen-bond acceptors (Lipinski definition) is 4. The van der Waals surface area contributed by atoms with Gasteiger partial charge >= 0.3 is 0 Å². The number of halogens is 1. The number of carbonyl (C=O) groups excluding carboxylic acids is 1. The van der Waals surface area contributed by atoms with Crippen LogP contribution in [0, 0.1) is 5.92 Å². The summed E-state index contributed by atoms with van der Waals surface area (Å²) in [6.45, 7) is 6.47. The molecule has 0 fully saturated rings. The third-order valence-corrected chi connectivity index (χ3v) is 4.43. The van der Waals surface area contributed by atoms with E-state index in [1.165, 1.54) is 0 Å². The van der Waals surface area contributed by atoms with Crippen LogP contribution < -0.4 is 16.0 Å². The highest BCUT2D eigenvalue weighted by Crippen LogP contribution is 2.16. The van der Waals surface area contributed by atoms with E-state index < -0.39 is 0 Å². The number of anilines is 1. The van der Waals surface area contributed by atoms with Crippen molar-refractivity contribution in [3.05, 3.63) is 47.3 Å². The van der Waals surface area contributed by atoms with Crippen LogP contribution in [0.4, 0.5) is 5.69 Å². The summed E-state index contributed by atoms with van der Waals surface area (Å²) in [4.78, 5) is 12.5. The predicted octanol–water partition coefficient (Wildman–Crippen LogP) is 2.34. The standard InChI is InChI=1S/C18H25N5O.ClH/c1-12(2)16(21-13-6-4-3-5-7-13)11-20-18(24)17-14-10-19-9-8-15(14)22-23-17;/h3-7,12,16,19,21H,8-11H2,1-2H3,(H,20,24)(H,22,23);1H. The molecule has 0 saturated heterocycles. The summed E-state index contributed by atoms with van der Waals surface area (Å²) in [7, 11) is 0. The van der Waals surface area contributed by atoms with Gasteiger partial charge in [-0.1, -0.05) is 32.0 Å². The lowest BCUT2D eigenvalue weighted by Gasteiger charge is -2.24. The molecule has 0 saturated carbocycles. The van der Waals surface area contributed by atoms with E-state index in [4.69, 9.17) is 0 Å². The smallest absolute Gasteiger partial charge is 0.272 e. The van der Waals surface area contributed by atoms with E-state index in [2.05, 4.69) is 40.0 Å². The van der Waals surface area contributed by atoms with E-state index in [0.717, 1.165) is 29.9 Å². The number of hydrogen-bond donors (Lipinski definition) is 4. The van der Waals surface area contributed by atoms with Crippen LogP contribution >= 0.6 is 12.4 Å². The molecule has 1 amide bonds. The Morgan fingerprint density at radius 2 is 2.04 bits per heavy atom. The molecule has 0 spiro atoms. The minimum Gasteiger partial charge on any atom is -0.380 e. The lowest BCUT2D eigenvalue weighted by atomic mass is 10.0. The van der Waals surface area contributed by atoms with Gasteiger partial charge in [0.1, 0.15) is 0 Å². The molecule has 0 radical (unpaired) electrons. The third-order valence-electron chi connectivity index (χ3n) is 4.43. The highest BCUT2D eigenvalue weighted by atomic mass is 35.5. The first-order valence-corrected chi connectivity index (χ1v) is 8.51. The van der Waals surface area contributed by atoms with Crippen molar-refractivity contribution in [2.45, 2.75) is 32.9 Å². The van der Waals surface area contributed by atoms with Gasteiger partial charge in [-0.15, -0.1) is 12.4 Å². The van der Waals surface area contributed by atoms with Gasteiger partial charge in [-0.25, -0.2) is 0 Å². The Hall–Kier alpha value is -2.05. The highest BCUT2D eigenvalue weighted by molar-refractivity contribution is 5.94. The van der Waals surface area contributed by atoms with Gasteiger partial charge in [0.05, 0.1) is 0 Å². The van der Waals surface area contributed by atoms with Crippen molar-refractivity contribution in [2.24, 2.45) is 5.92 Å². The van der Waals surface area contributed by atoms with Crippen molar-refractivity contribution >= 4 is 24.0 Å². The first-order chi connectivity index (χ1) is 11.6. The molecule has 3 rings (SSSR count). The molecule has 1 aromatic carbocycles. The van der Waals surface area contributed by atoms with Gasteiger partial charge in [0.15, 0.2) is 5.69 Å². The third kappa shape index (κ3) is 4.74. The van der Waals surface area contributed by atoms with E-state index in [1.54, 1.807) is 0 Å². The number of nitrogens with zero attached hydrogens (tertiary/aromatic N) is 1. The van der Waals surface area contributed by atoms with Crippen LogP contribution in [0.25, 0.3) is 0 Å². The fourth-order valence-corrected chi connectivity index (χ4v) is 2.90. The molecule has 0 bridgehead atoms. The molecule has 6 nitrogen and oxygen atoms in total. The normalized spacial score (nSPS) is 14.4. The van der Waals surface area contributed by atoms with Crippen molar-refractivity contribution in [1.82, 2.24) is 20.8 Å². The second-order valence-corrected chi connectivity index (χ2v) is 6.53. The van der Waals surface area contributed by atoms with Gasteiger partial charge in [0.2, 0.25) is 0 Å². The number of amides is 1. The molecule has 136 valence electrons. The van der Waals surface area contributed by atoms with E-state index in [9.17, 15) is 4.79 Å². The van der Waals surface area contributed by atoms with E-state index in [1.807, 2.05) is 30.3 Å². The van der Waals surface area contributed by atoms with Gasteiger partial charge in [-0.05, 0) is 18.1 Å². The fourth-order valence-electron chi connectivity index (χ4n) is 2.90. The maximum atomic E-state index is 12.5. The van der Waals surface area contributed by atoms with Crippen LogP contribution in [0.5, 0.6) is 0 Å². The molecule has 7 heteroatoms. The molecule has 1 aromatic heterocycles. The predicted molar refractivity (Wildman–Crippen MR) is 102 cm³/mol. The summed E-state index contributed by atoms with van der Waals surface area (Å²) in [5.74, 6) is 0.275. The summed E-state index contributed by atoms with van der Waals surface area (Å²) in [6, 6.07) is 10.2. The number of rotatable bonds is 6. The van der Waals surface area contributed by atoms with Gasteiger partial charge < -0.3 is 16.0 Å². The van der Waals surface area contributed by atoms with Crippen LogP contribution in [0.2, 0.25) is 0 Å². The second kappa shape index (κ2) is 8.87. The van der Waals surface area contributed by atoms with Crippen molar-refractivity contribution in [2.75, 3.05) is 18.4 Å². The zero-order valence-corrected chi connectivity index (χ0v) is 15.5. The van der Waals surface area contributed by atoms with E-state index in [-0.39, 0.29) is 24.4 Å². The molecule has 1 atom stereocenters. The van der Waals surface area contributed by atoms with Crippen molar-refractivity contribution in [3.63, 3.8) is 0 Å². The number of fused-ring (bicyclic) bond motifs is 1. The van der Waals surface area contributed by atoms with Crippen LogP contribution in [0.1, 0.15) is 35.6 Å².